The quantitative estimate of drug-likeness (QED) is 0.152. The van der Waals surface area contributed by atoms with Gasteiger partial charge in [-0.25, -0.2) is 0 Å². The molecule has 0 radical (unpaired) electrons. The van der Waals surface area contributed by atoms with E-state index in [1.165, 1.54) is 25.7 Å². The molecule has 0 aliphatic heterocycles. The molecule has 0 saturated heterocycles. The van der Waals surface area contributed by atoms with Gasteiger partial charge in [0.05, 0.1) is 25.9 Å². The van der Waals surface area contributed by atoms with E-state index in [0.717, 1.165) is 51.4 Å². The van der Waals surface area contributed by atoms with Crippen LogP contribution in [0.2, 0.25) is 0 Å². The molecule has 0 aliphatic rings. The maximum absolute atomic E-state index is 10.3. The van der Waals surface area contributed by atoms with Gasteiger partial charge in [0.15, 0.2) is 0 Å². The molecule has 30 heavy (non-hydrogen) atoms. The molecule has 0 rings (SSSR count). The highest BCUT2D eigenvalue weighted by Gasteiger charge is 2.24. The highest BCUT2D eigenvalue weighted by molar-refractivity contribution is 5.66. The molecule has 1 atom stereocenters. The predicted octanol–water partition coefficient (Wildman–Crippen LogP) is 4.44. The van der Waals surface area contributed by atoms with Gasteiger partial charge in [0.2, 0.25) is 0 Å². The van der Waals surface area contributed by atoms with E-state index in [2.05, 4.69) is 19.1 Å². The summed E-state index contributed by atoms with van der Waals surface area (Å²) in [7, 11) is 0. The van der Waals surface area contributed by atoms with E-state index in [9.17, 15) is 9.90 Å². The highest BCUT2D eigenvalue weighted by Crippen LogP contribution is 2.18. The van der Waals surface area contributed by atoms with Crippen LogP contribution in [0, 0.1) is 5.41 Å². The topological polar surface area (TPSA) is 118 Å². The van der Waals surface area contributed by atoms with Crippen LogP contribution < -0.4 is 0 Å². The fourth-order valence-corrected chi connectivity index (χ4v) is 2.85. The van der Waals surface area contributed by atoms with Crippen LogP contribution in [0.4, 0.5) is 0 Å². The largest absolute Gasteiger partial charge is 0.481 e. The molecule has 6 heteroatoms. The summed E-state index contributed by atoms with van der Waals surface area (Å²) in [4.78, 5) is 10.3. The minimum atomic E-state index is -0.689. The minimum absolute atomic E-state index is 0.156. The van der Waals surface area contributed by atoms with Gasteiger partial charge in [-0.15, -0.1) is 0 Å². The van der Waals surface area contributed by atoms with Gasteiger partial charge in [-0.05, 0) is 38.5 Å². The van der Waals surface area contributed by atoms with Crippen LogP contribution in [0.3, 0.4) is 0 Å². The molecular weight excluding hydrogens is 384 g/mol. The van der Waals surface area contributed by atoms with Gasteiger partial charge in [0, 0.05) is 11.8 Å². The lowest BCUT2D eigenvalue weighted by atomic mass is 9.88. The van der Waals surface area contributed by atoms with Crippen molar-refractivity contribution >= 4 is 5.97 Å². The summed E-state index contributed by atoms with van der Waals surface area (Å²) < 4.78 is 0. The van der Waals surface area contributed by atoms with E-state index < -0.39 is 11.4 Å². The Morgan fingerprint density at radius 3 is 1.90 bits per heavy atom. The van der Waals surface area contributed by atoms with Crippen LogP contribution in [-0.2, 0) is 4.79 Å². The molecule has 0 aromatic carbocycles. The van der Waals surface area contributed by atoms with Gasteiger partial charge < -0.3 is 25.5 Å². The number of hydrogen-bond donors (Lipinski definition) is 5. The Hall–Kier alpha value is -0.950. The second kappa shape index (κ2) is 22.7. The number of rotatable bonds is 19. The minimum Gasteiger partial charge on any atom is -0.481 e. The maximum atomic E-state index is 10.3. The number of hydrogen-bond acceptors (Lipinski definition) is 5. The first-order valence-electron chi connectivity index (χ1n) is 11.8. The van der Waals surface area contributed by atoms with Crippen LogP contribution in [0.1, 0.15) is 104 Å². The zero-order valence-electron chi connectivity index (χ0n) is 19.4. The third-order valence-corrected chi connectivity index (χ3v) is 5.48. The third-order valence-electron chi connectivity index (χ3n) is 5.48. The lowest BCUT2D eigenvalue weighted by Gasteiger charge is -2.24. The molecule has 0 aromatic rings. The van der Waals surface area contributed by atoms with Crippen LogP contribution in [-0.4, -0.2) is 57.4 Å². The number of aliphatic carboxylic acids is 1. The Morgan fingerprint density at radius 1 is 0.833 bits per heavy atom. The molecular formula is C24H48O6. The summed E-state index contributed by atoms with van der Waals surface area (Å²) in [5, 5.41) is 44.3. The van der Waals surface area contributed by atoms with Crippen molar-refractivity contribution in [3.8, 4) is 0 Å². The van der Waals surface area contributed by atoms with E-state index in [-0.39, 0.29) is 25.9 Å². The lowest BCUT2D eigenvalue weighted by molar-refractivity contribution is -0.137. The first-order valence-corrected chi connectivity index (χ1v) is 11.8. The van der Waals surface area contributed by atoms with Gasteiger partial charge in [-0.3, -0.25) is 4.79 Å². The molecule has 0 spiro atoms. The normalized spacial score (nSPS) is 12.6. The van der Waals surface area contributed by atoms with E-state index in [1.54, 1.807) is 0 Å². The average Bonchev–Trinajstić information content (AvgIpc) is 2.75. The molecule has 0 saturated carbocycles. The number of aliphatic hydroxyl groups excluding tert-OH is 4. The molecule has 180 valence electrons. The number of allylic oxidation sites excluding steroid dienone is 1. The Kier molecular flexibility index (Phi) is 23.7. The fourth-order valence-electron chi connectivity index (χ4n) is 2.85. The molecule has 1 unspecified atom stereocenters. The predicted molar refractivity (Wildman–Crippen MR) is 122 cm³/mol. The number of carboxylic acids is 1. The van der Waals surface area contributed by atoms with E-state index in [0.29, 0.717) is 12.8 Å². The molecule has 5 N–H and O–H groups in total. The SMILES string of the molecule is CCC(CO)(CO)CO.CCCCCCC(O)C/C=C\CCCCCCCC(=O)O. The smallest absolute Gasteiger partial charge is 0.303 e. The molecule has 6 nitrogen and oxygen atoms in total. The standard InChI is InChI=1S/C18H34O3.C6H14O3/c1-2-3-4-11-14-17(19)15-12-9-7-5-6-8-10-13-16-18(20)21;1-2-6(3-7,4-8)5-9/h9,12,17,19H,2-8,10-11,13-16H2,1H3,(H,20,21);7-9H,2-5H2,1H3/b12-9-;. The van der Waals surface area contributed by atoms with Crippen molar-refractivity contribution in [3.63, 3.8) is 0 Å². The summed E-state index contributed by atoms with van der Waals surface area (Å²) in [5.74, 6) is -0.689. The lowest BCUT2D eigenvalue weighted by Crippen LogP contribution is -2.32. The second-order valence-electron chi connectivity index (χ2n) is 8.24. The number of aliphatic hydroxyl groups is 4. The van der Waals surface area contributed by atoms with Crippen LogP contribution in [0.5, 0.6) is 0 Å². The van der Waals surface area contributed by atoms with Crippen molar-refractivity contribution in [2.75, 3.05) is 19.8 Å². The van der Waals surface area contributed by atoms with E-state index >= 15 is 0 Å². The van der Waals surface area contributed by atoms with Crippen molar-refractivity contribution < 1.29 is 30.3 Å². The monoisotopic (exact) mass is 432 g/mol. The van der Waals surface area contributed by atoms with Crippen molar-refractivity contribution in [1.82, 2.24) is 0 Å². The zero-order valence-corrected chi connectivity index (χ0v) is 19.4. The maximum Gasteiger partial charge on any atom is 0.303 e. The van der Waals surface area contributed by atoms with E-state index in [4.69, 9.17) is 20.4 Å². The third kappa shape index (κ3) is 20.3. The molecule has 0 fully saturated rings. The number of carbonyl (C=O) groups is 1. The van der Waals surface area contributed by atoms with Crippen molar-refractivity contribution in [3.05, 3.63) is 12.2 Å². The summed E-state index contributed by atoms with van der Waals surface area (Å²) in [5.41, 5.74) is -0.667. The Labute approximate surface area is 184 Å². The summed E-state index contributed by atoms with van der Waals surface area (Å²) >= 11 is 0. The van der Waals surface area contributed by atoms with Gasteiger partial charge in [-0.2, -0.15) is 0 Å². The van der Waals surface area contributed by atoms with Crippen molar-refractivity contribution in [2.24, 2.45) is 5.41 Å². The number of carboxylic acid groups (broad SMARTS) is 1. The fraction of sp³-hybridized carbons (Fsp3) is 0.875. The molecule has 0 amide bonds. The molecule has 0 aromatic heterocycles. The zero-order chi connectivity index (χ0) is 23.1. The Bertz CT molecular complexity index is 376. The van der Waals surface area contributed by atoms with Crippen LogP contribution >= 0.6 is 0 Å². The average molecular weight is 433 g/mol. The molecule has 0 heterocycles. The second-order valence-corrected chi connectivity index (χ2v) is 8.24. The molecule has 0 bridgehead atoms. The summed E-state index contributed by atoms with van der Waals surface area (Å²) in [6.07, 6.45) is 17.9. The first-order chi connectivity index (χ1) is 14.4. The highest BCUT2D eigenvalue weighted by atomic mass is 16.4. The Morgan fingerprint density at radius 2 is 1.40 bits per heavy atom. The van der Waals surface area contributed by atoms with Gasteiger partial charge in [0.25, 0.3) is 0 Å². The van der Waals surface area contributed by atoms with Gasteiger partial charge in [-0.1, -0.05) is 70.9 Å². The van der Waals surface area contributed by atoms with Crippen molar-refractivity contribution in [1.29, 1.82) is 0 Å². The summed E-state index contributed by atoms with van der Waals surface area (Å²) in [6, 6.07) is 0. The van der Waals surface area contributed by atoms with E-state index in [1.807, 2.05) is 6.92 Å². The Balaban J connectivity index is 0. The van der Waals surface area contributed by atoms with Gasteiger partial charge >= 0.3 is 5.97 Å². The van der Waals surface area contributed by atoms with Crippen LogP contribution in [0.15, 0.2) is 12.2 Å². The van der Waals surface area contributed by atoms with Crippen LogP contribution in [0.25, 0.3) is 0 Å². The number of unbranched alkanes of at least 4 members (excludes halogenated alkanes) is 8. The molecule has 0 aliphatic carbocycles. The first kappa shape index (κ1) is 31.2. The van der Waals surface area contributed by atoms with Crippen molar-refractivity contribution in [2.45, 2.75) is 110 Å². The summed E-state index contributed by atoms with van der Waals surface area (Å²) in [6.45, 7) is 3.55. The van der Waals surface area contributed by atoms with Gasteiger partial charge in [0.1, 0.15) is 0 Å².